The summed E-state index contributed by atoms with van der Waals surface area (Å²) in [5.41, 5.74) is 5.38. The molecule has 0 aliphatic carbocycles. The third-order valence-electron chi connectivity index (χ3n) is 1.88. The third-order valence-corrected chi connectivity index (χ3v) is 2.69. The predicted molar refractivity (Wildman–Crippen MR) is 63.4 cm³/mol. The van der Waals surface area contributed by atoms with Crippen molar-refractivity contribution < 1.29 is 9.13 Å². The van der Waals surface area contributed by atoms with Crippen LogP contribution < -0.4 is 10.5 Å². The Labute approximate surface area is 102 Å². The fourth-order valence-electron chi connectivity index (χ4n) is 1.15. The molecule has 0 bridgehead atoms. The zero-order chi connectivity index (χ0) is 12.1. The van der Waals surface area contributed by atoms with Gasteiger partial charge >= 0.3 is 0 Å². The van der Waals surface area contributed by atoms with E-state index in [1.807, 2.05) is 0 Å². The zero-order valence-electron chi connectivity index (χ0n) is 8.89. The standard InChI is InChI=1S/C10H11FN4OS/c11-7-1-3-8(4-2-7)16-5-6-17-10-13-9(12)14-15-10/h1-4H,5-6H2,(H3,12,13,14,15). The number of nitrogens with two attached hydrogens (primary N) is 1. The monoisotopic (exact) mass is 254 g/mol. The van der Waals surface area contributed by atoms with Gasteiger partial charge < -0.3 is 10.5 Å². The van der Waals surface area contributed by atoms with Crippen LogP contribution in [0.4, 0.5) is 10.3 Å². The van der Waals surface area contributed by atoms with Crippen molar-refractivity contribution >= 4 is 17.7 Å². The molecule has 1 aromatic carbocycles. The second-order valence-corrected chi connectivity index (χ2v) is 4.22. The summed E-state index contributed by atoms with van der Waals surface area (Å²) in [6.07, 6.45) is 0. The molecule has 7 heteroatoms. The van der Waals surface area contributed by atoms with E-state index < -0.39 is 0 Å². The molecule has 0 aliphatic rings. The van der Waals surface area contributed by atoms with Gasteiger partial charge in [-0.25, -0.2) is 9.49 Å². The number of rotatable bonds is 5. The highest BCUT2D eigenvalue weighted by molar-refractivity contribution is 7.99. The minimum absolute atomic E-state index is 0.275. The van der Waals surface area contributed by atoms with Crippen LogP contribution in [0.3, 0.4) is 0 Å². The van der Waals surface area contributed by atoms with E-state index in [9.17, 15) is 4.39 Å². The highest BCUT2D eigenvalue weighted by atomic mass is 32.2. The average molecular weight is 254 g/mol. The van der Waals surface area contributed by atoms with Crippen molar-refractivity contribution in [3.05, 3.63) is 30.1 Å². The van der Waals surface area contributed by atoms with Crippen molar-refractivity contribution in [3.8, 4) is 5.75 Å². The number of benzene rings is 1. The lowest BCUT2D eigenvalue weighted by atomic mass is 10.3. The molecule has 0 atom stereocenters. The van der Waals surface area contributed by atoms with Gasteiger partial charge in [-0.15, -0.1) is 5.10 Å². The fourth-order valence-corrected chi connectivity index (χ4v) is 1.77. The fraction of sp³-hybridized carbons (Fsp3) is 0.200. The van der Waals surface area contributed by atoms with Gasteiger partial charge in [-0.05, 0) is 24.3 Å². The van der Waals surface area contributed by atoms with Crippen LogP contribution in [-0.4, -0.2) is 27.5 Å². The Morgan fingerprint density at radius 1 is 1.35 bits per heavy atom. The number of anilines is 1. The molecule has 0 fully saturated rings. The van der Waals surface area contributed by atoms with E-state index in [-0.39, 0.29) is 5.82 Å². The highest BCUT2D eigenvalue weighted by Crippen LogP contribution is 2.14. The van der Waals surface area contributed by atoms with Gasteiger partial charge in [-0.1, -0.05) is 11.8 Å². The number of aromatic nitrogens is 3. The van der Waals surface area contributed by atoms with Gasteiger partial charge in [0.1, 0.15) is 11.6 Å². The molecule has 3 N–H and O–H groups in total. The molecular weight excluding hydrogens is 243 g/mol. The number of H-pyrrole nitrogens is 1. The first kappa shape index (κ1) is 11.7. The summed E-state index contributed by atoms with van der Waals surface area (Å²) in [5, 5.41) is 7.00. The van der Waals surface area contributed by atoms with Crippen LogP contribution in [0.2, 0.25) is 0 Å². The Balaban J connectivity index is 1.71. The number of aromatic amines is 1. The highest BCUT2D eigenvalue weighted by Gasteiger charge is 2.01. The summed E-state index contributed by atoms with van der Waals surface area (Å²) in [7, 11) is 0. The predicted octanol–water partition coefficient (Wildman–Crippen LogP) is 1.70. The molecule has 0 radical (unpaired) electrons. The van der Waals surface area contributed by atoms with E-state index >= 15 is 0 Å². The number of hydrogen-bond donors (Lipinski definition) is 2. The molecular formula is C10H11FN4OS. The molecule has 90 valence electrons. The second kappa shape index (κ2) is 5.53. The molecule has 1 aromatic heterocycles. The minimum atomic E-state index is -0.275. The lowest BCUT2D eigenvalue weighted by Gasteiger charge is -2.04. The Morgan fingerprint density at radius 2 is 2.12 bits per heavy atom. The van der Waals surface area contributed by atoms with E-state index in [2.05, 4.69) is 15.2 Å². The van der Waals surface area contributed by atoms with Crippen molar-refractivity contribution in [1.82, 2.24) is 15.2 Å². The maximum Gasteiger partial charge on any atom is 0.216 e. The first-order valence-electron chi connectivity index (χ1n) is 4.93. The molecule has 0 saturated carbocycles. The molecule has 0 aliphatic heterocycles. The van der Waals surface area contributed by atoms with Crippen molar-refractivity contribution in [2.24, 2.45) is 0 Å². The summed E-state index contributed by atoms with van der Waals surface area (Å²) in [6.45, 7) is 0.491. The molecule has 0 spiro atoms. The lowest BCUT2D eigenvalue weighted by Crippen LogP contribution is -2.00. The van der Waals surface area contributed by atoms with Gasteiger partial charge in [-0.3, -0.25) is 0 Å². The summed E-state index contributed by atoms with van der Waals surface area (Å²) in [4.78, 5) is 3.94. The van der Waals surface area contributed by atoms with Gasteiger partial charge in [0.05, 0.1) is 6.61 Å². The molecule has 1 heterocycles. The molecule has 17 heavy (non-hydrogen) atoms. The first-order valence-corrected chi connectivity index (χ1v) is 5.91. The average Bonchev–Trinajstić information content (AvgIpc) is 2.73. The maximum absolute atomic E-state index is 12.6. The summed E-state index contributed by atoms with van der Waals surface area (Å²) < 4.78 is 18.0. The van der Waals surface area contributed by atoms with Gasteiger partial charge in [0.2, 0.25) is 11.1 Å². The summed E-state index contributed by atoms with van der Waals surface area (Å²) in [6, 6.07) is 5.90. The van der Waals surface area contributed by atoms with Crippen LogP contribution in [0.15, 0.2) is 29.4 Å². The van der Waals surface area contributed by atoms with Gasteiger partial charge in [-0.2, -0.15) is 4.98 Å². The third kappa shape index (κ3) is 3.63. The van der Waals surface area contributed by atoms with Crippen LogP contribution in [0.5, 0.6) is 5.75 Å². The molecule has 0 saturated heterocycles. The lowest BCUT2D eigenvalue weighted by molar-refractivity contribution is 0.343. The van der Waals surface area contributed by atoms with E-state index in [1.54, 1.807) is 12.1 Å². The van der Waals surface area contributed by atoms with E-state index in [0.29, 0.717) is 29.2 Å². The van der Waals surface area contributed by atoms with Crippen molar-refractivity contribution in [2.45, 2.75) is 5.16 Å². The van der Waals surface area contributed by atoms with E-state index in [1.165, 1.54) is 23.9 Å². The smallest absolute Gasteiger partial charge is 0.216 e. The van der Waals surface area contributed by atoms with Crippen molar-refractivity contribution in [1.29, 1.82) is 0 Å². The topological polar surface area (TPSA) is 76.8 Å². The van der Waals surface area contributed by atoms with E-state index in [4.69, 9.17) is 10.5 Å². The Kier molecular flexibility index (Phi) is 3.81. The largest absolute Gasteiger partial charge is 0.493 e. The number of nitrogen functional groups attached to an aromatic ring is 1. The minimum Gasteiger partial charge on any atom is -0.493 e. The normalized spacial score (nSPS) is 10.4. The molecule has 2 aromatic rings. The Morgan fingerprint density at radius 3 is 2.76 bits per heavy atom. The quantitative estimate of drug-likeness (QED) is 0.627. The number of nitrogens with zero attached hydrogens (tertiary/aromatic N) is 2. The van der Waals surface area contributed by atoms with Gasteiger partial charge in [0.25, 0.3) is 0 Å². The van der Waals surface area contributed by atoms with Crippen LogP contribution in [0.25, 0.3) is 0 Å². The number of hydrogen-bond acceptors (Lipinski definition) is 5. The van der Waals surface area contributed by atoms with Gasteiger partial charge in [0, 0.05) is 5.75 Å². The zero-order valence-corrected chi connectivity index (χ0v) is 9.71. The molecule has 5 nitrogen and oxygen atoms in total. The summed E-state index contributed by atoms with van der Waals surface area (Å²) >= 11 is 1.43. The molecule has 2 rings (SSSR count). The molecule has 0 unspecified atom stereocenters. The number of ether oxygens (including phenoxy) is 1. The van der Waals surface area contributed by atoms with Crippen LogP contribution in [0.1, 0.15) is 0 Å². The first-order chi connectivity index (χ1) is 8.24. The SMILES string of the molecule is Nc1nc(SCCOc2ccc(F)cc2)n[nH]1. The maximum atomic E-state index is 12.6. The number of halogens is 1. The van der Waals surface area contributed by atoms with Gasteiger partial charge in [0.15, 0.2) is 0 Å². The van der Waals surface area contributed by atoms with Crippen LogP contribution >= 0.6 is 11.8 Å². The second-order valence-electron chi connectivity index (χ2n) is 3.15. The van der Waals surface area contributed by atoms with E-state index in [0.717, 1.165) is 0 Å². The van der Waals surface area contributed by atoms with Crippen LogP contribution in [-0.2, 0) is 0 Å². The van der Waals surface area contributed by atoms with Crippen molar-refractivity contribution in [2.75, 3.05) is 18.1 Å². The van der Waals surface area contributed by atoms with Crippen LogP contribution in [0, 0.1) is 5.82 Å². The molecule has 0 amide bonds. The number of thioether (sulfide) groups is 1. The Hall–Kier alpha value is -1.76. The van der Waals surface area contributed by atoms with Crippen molar-refractivity contribution in [3.63, 3.8) is 0 Å². The summed E-state index contributed by atoms with van der Waals surface area (Å²) in [5.74, 6) is 1.35. The number of nitrogens with one attached hydrogen (secondary N) is 1. The Bertz CT molecular complexity index is 473.